The summed E-state index contributed by atoms with van der Waals surface area (Å²) >= 11 is 0. The van der Waals surface area contributed by atoms with Crippen molar-refractivity contribution in [3.8, 4) is 0 Å². The first-order valence-corrected chi connectivity index (χ1v) is 8.56. The topological polar surface area (TPSA) is 46.9 Å². The molecule has 0 radical (unpaired) electrons. The number of fused-ring (bicyclic) bond motifs is 1. The molecule has 0 aliphatic heterocycles. The van der Waals surface area contributed by atoms with Crippen LogP contribution in [0.15, 0.2) is 42.5 Å². The van der Waals surface area contributed by atoms with E-state index < -0.39 is 0 Å². The fourth-order valence-corrected chi connectivity index (χ4v) is 3.13. The number of amides is 1. The molecule has 2 aromatic carbocycles. The van der Waals surface area contributed by atoms with Gasteiger partial charge in [-0.05, 0) is 48.2 Å². The minimum atomic E-state index is -0.293. The van der Waals surface area contributed by atoms with Crippen LogP contribution in [-0.2, 0) is 24.8 Å². The standard InChI is InChI=1S/C20H20FN3O/c1-24-18-9-4-14(10-17(18)23-20(24)15-5-6-15)12-22-19(25)11-13-2-7-16(21)8-3-13/h2-4,7-10,15H,5-6,11-12H2,1H3,(H,22,25). The second-order valence-corrected chi connectivity index (χ2v) is 6.71. The van der Waals surface area contributed by atoms with Crippen LogP contribution in [0.1, 0.15) is 35.7 Å². The first-order chi connectivity index (χ1) is 12.1. The van der Waals surface area contributed by atoms with Crippen molar-refractivity contribution in [1.29, 1.82) is 0 Å². The molecule has 1 N–H and O–H groups in total. The van der Waals surface area contributed by atoms with E-state index in [1.807, 2.05) is 12.1 Å². The summed E-state index contributed by atoms with van der Waals surface area (Å²) < 4.78 is 15.1. The molecule has 25 heavy (non-hydrogen) atoms. The number of aromatic nitrogens is 2. The number of aryl methyl sites for hydroxylation is 1. The van der Waals surface area contributed by atoms with Crippen molar-refractivity contribution in [2.75, 3.05) is 0 Å². The average molecular weight is 337 g/mol. The van der Waals surface area contributed by atoms with Gasteiger partial charge < -0.3 is 9.88 Å². The summed E-state index contributed by atoms with van der Waals surface area (Å²) in [6, 6.07) is 12.1. The van der Waals surface area contributed by atoms with Gasteiger partial charge in [0.1, 0.15) is 11.6 Å². The Morgan fingerprint density at radius 1 is 1.20 bits per heavy atom. The predicted octanol–water partition coefficient (Wildman–Crippen LogP) is 3.45. The molecule has 0 bridgehead atoms. The number of carbonyl (C=O) groups is 1. The van der Waals surface area contributed by atoms with Gasteiger partial charge in [-0.3, -0.25) is 4.79 Å². The van der Waals surface area contributed by atoms with Crippen molar-refractivity contribution in [2.45, 2.75) is 31.7 Å². The zero-order chi connectivity index (χ0) is 17.4. The number of hydrogen-bond acceptors (Lipinski definition) is 2. The fourth-order valence-electron chi connectivity index (χ4n) is 3.13. The van der Waals surface area contributed by atoms with Crippen LogP contribution in [0.25, 0.3) is 11.0 Å². The summed E-state index contributed by atoms with van der Waals surface area (Å²) in [7, 11) is 2.06. The van der Waals surface area contributed by atoms with E-state index in [2.05, 4.69) is 23.0 Å². The Bertz CT molecular complexity index is 926. The Kier molecular flexibility index (Phi) is 3.99. The molecule has 0 spiro atoms. The molecule has 1 amide bonds. The minimum absolute atomic E-state index is 0.0774. The van der Waals surface area contributed by atoms with E-state index in [9.17, 15) is 9.18 Å². The lowest BCUT2D eigenvalue weighted by molar-refractivity contribution is -0.120. The molecule has 0 unspecified atom stereocenters. The molecule has 1 aromatic heterocycles. The fraction of sp³-hybridized carbons (Fsp3) is 0.300. The molecule has 1 saturated carbocycles. The van der Waals surface area contributed by atoms with Gasteiger partial charge in [-0.1, -0.05) is 18.2 Å². The van der Waals surface area contributed by atoms with E-state index in [0.29, 0.717) is 12.5 Å². The molecule has 1 aliphatic carbocycles. The van der Waals surface area contributed by atoms with E-state index in [1.165, 1.54) is 25.0 Å². The molecule has 5 heteroatoms. The lowest BCUT2D eigenvalue weighted by Crippen LogP contribution is -2.24. The third-order valence-corrected chi connectivity index (χ3v) is 4.69. The number of benzene rings is 2. The Balaban J connectivity index is 1.42. The van der Waals surface area contributed by atoms with Crippen LogP contribution in [-0.4, -0.2) is 15.5 Å². The Labute approximate surface area is 145 Å². The largest absolute Gasteiger partial charge is 0.352 e. The van der Waals surface area contributed by atoms with Crippen LogP contribution in [0.2, 0.25) is 0 Å². The monoisotopic (exact) mass is 337 g/mol. The maximum absolute atomic E-state index is 12.9. The highest BCUT2D eigenvalue weighted by atomic mass is 19.1. The molecule has 128 valence electrons. The van der Waals surface area contributed by atoms with Crippen LogP contribution in [0, 0.1) is 5.82 Å². The van der Waals surface area contributed by atoms with Gasteiger partial charge in [0, 0.05) is 19.5 Å². The second kappa shape index (κ2) is 6.31. The maximum Gasteiger partial charge on any atom is 0.224 e. The van der Waals surface area contributed by atoms with Crippen molar-refractivity contribution < 1.29 is 9.18 Å². The number of nitrogens with zero attached hydrogens (tertiary/aromatic N) is 2. The van der Waals surface area contributed by atoms with E-state index in [-0.39, 0.29) is 18.1 Å². The van der Waals surface area contributed by atoms with Crippen LogP contribution >= 0.6 is 0 Å². The molecule has 1 fully saturated rings. The number of halogens is 1. The first-order valence-electron chi connectivity index (χ1n) is 8.56. The van der Waals surface area contributed by atoms with Gasteiger partial charge in [-0.2, -0.15) is 0 Å². The smallest absolute Gasteiger partial charge is 0.224 e. The molecule has 4 nitrogen and oxygen atoms in total. The molecule has 0 saturated heterocycles. The van der Waals surface area contributed by atoms with E-state index in [1.54, 1.807) is 12.1 Å². The van der Waals surface area contributed by atoms with Crippen molar-refractivity contribution in [1.82, 2.24) is 14.9 Å². The van der Waals surface area contributed by atoms with E-state index >= 15 is 0 Å². The average Bonchev–Trinajstić information content (AvgIpc) is 3.40. The van der Waals surface area contributed by atoms with Gasteiger partial charge in [0.05, 0.1) is 17.5 Å². The van der Waals surface area contributed by atoms with Gasteiger partial charge in [0.2, 0.25) is 5.91 Å². The zero-order valence-corrected chi connectivity index (χ0v) is 14.1. The molecular formula is C20H20FN3O. The van der Waals surface area contributed by atoms with Crippen LogP contribution in [0.5, 0.6) is 0 Å². The summed E-state index contributed by atoms with van der Waals surface area (Å²) in [6.07, 6.45) is 2.70. The quantitative estimate of drug-likeness (QED) is 0.775. The summed E-state index contributed by atoms with van der Waals surface area (Å²) in [6.45, 7) is 0.464. The number of rotatable bonds is 5. The number of nitrogens with one attached hydrogen (secondary N) is 1. The lowest BCUT2D eigenvalue weighted by Gasteiger charge is -2.06. The molecule has 4 rings (SSSR count). The normalized spacial score (nSPS) is 14.0. The molecule has 0 atom stereocenters. The first kappa shape index (κ1) is 15.8. The van der Waals surface area contributed by atoms with E-state index in [4.69, 9.17) is 4.98 Å². The Morgan fingerprint density at radius 3 is 2.64 bits per heavy atom. The lowest BCUT2D eigenvalue weighted by atomic mass is 10.1. The third kappa shape index (κ3) is 3.40. The summed E-state index contributed by atoms with van der Waals surface area (Å²) in [5.74, 6) is 1.40. The van der Waals surface area contributed by atoms with Gasteiger partial charge in [-0.15, -0.1) is 0 Å². The number of carbonyl (C=O) groups excluding carboxylic acids is 1. The maximum atomic E-state index is 12.9. The third-order valence-electron chi connectivity index (χ3n) is 4.69. The van der Waals surface area contributed by atoms with Crippen LogP contribution in [0.4, 0.5) is 4.39 Å². The van der Waals surface area contributed by atoms with Crippen molar-refractivity contribution >= 4 is 16.9 Å². The Hall–Kier alpha value is -2.69. The van der Waals surface area contributed by atoms with Crippen LogP contribution < -0.4 is 5.32 Å². The predicted molar refractivity (Wildman–Crippen MR) is 94.6 cm³/mol. The summed E-state index contributed by atoms with van der Waals surface area (Å²) in [5.41, 5.74) is 3.94. The molecule has 1 aliphatic rings. The number of imidazole rings is 1. The van der Waals surface area contributed by atoms with Gasteiger partial charge >= 0.3 is 0 Å². The highest BCUT2D eigenvalue weighted by molar-refractivity contribution is 5.79. The summed E-state index contributed by atoms with van der Waals surface area (Å²) in [5, 5.41) is 2.92. The van der Waals surface area contributed by atoms with Crippen molar-refractivity contribution in [3.05, 3.63) is 65.2 Å². The zero-order valence-electron chi connectivity index (χ0n) is 14.1. The van der Waals surface area contributed by atoms with Gasteiger partial charge in [-0.25, -0.2) is 9.37 Å². The SMILES string of the molecule is Cn1c(C2CC2)nc2cc(CNC(=O)Cc3ccc(F)cc3)ccc21. The minimum Gasteiger partial charge on any atom is -0.352 e. The highest BCUT2D eigenvalue weighted by Gasteiger charge is 2.28. The van der Waals surface area contributed by atoms with Gasteiger partial charge in [0.25, 0.3) is 0 Å². The van der Waals surface area contributed by atoms with Crippen molar-refractivity contribution in [3.63, 3.8) is 0 Å². The van der Waals surface area contributed by atoms with Crippen molar-refractivity contribution in [2.24, 2.45) is 7.05 Å². The highest BCUT2D eigenvalue weighted by Crippen LogP contribution is 2.40. The van der Waals surface area contributed by atoms with E-state index in [0.717, 1.165) is 28.0 Å². The molecular weight excluding hydrogens is 317 g/mol. The molecule has 3 aromatic rings. The number of hydrogen-bond donors (Lipinski definition) is 1. The molecule has 1 heterocycles. The van der Waals surface area contributed by atoms with Crippen LogP contribution in [0.3, 0.4) is 0 Å². The van der Waals surface area contributed by atoms with Gasteiger partial charge in [0.15, 0.2) is 0 Å². The Morgan fingerprint density at radius 2 is 1.92 bits per heavy atom. The summed E-state index contributed by atoms with van der Waals surface area (Å²) in [4.78, 5) is 16.8. The second-order valence-electron chi connectivity index (χ2n) is 6.71.